The molecule has 1 saturated heterocycles. The minimum Gasteiger partial charge on any atom is -0.335 e. The summed E-state index contributed by atoms with van der Waals surface area (Å²) in [5.74, 6) is -1.19. The second-order valence-electron chi connectivity index (χ2n) is 8.51. The molecular weight excluding hydrogens is 459 g/mol. The molecule has 35 heavy (non-hydrogen) atoms. The predicted octanol–water partition coefficient (Wildman–Crippen LogP) is 4.13. The first-order valence-electron chi connectivity index (χ1n) is 11.1. The van der Waals surface area contributed by atoms with Crippen LogP contribution in [0, 0.1) is 0 Å². The Morgan fingerprint density at radius 3 is 2.20 bits per heavy atom. The van der Waals surface area contributed by atoms with Gasteiger partial charge >= 0.3 is 12.1 Å². The number of nitrogens with zero attached hydrogens (tertiary/aromatic N) is 7. The van der Waals surface area contributed by atoms with Crippen LogP contribution in [0.5, 0.6) is 0 Å². The van der Waals surface area contributed by atoms with Crippen molar-refractivity contribution in [2.24, 2.45) is 7.05 Å². The maximum Gasteiger partial charge on any atom is 0.471 e. The first-order valence-corrected chi connectivity index (χ1v) is 11.1. The van der Waals surface area contributed by atoms with Crippen molar-refractivity contribution in [2.45, 2.75) is 25.1 Å². The number of benzene rings is 1. The molecule has 180 valence electrons. The van der Waals surface area contributed by atoms with Crippen molar-refractivity contribution in [3.8, 4) is 33.6 Å². The molecule has 8 nitrogen and oxygen atoms in total. The molecule has 0 saturated carbocycles. The average molecular weight is 481 g/mol. The summed E-state index contributed by atoms with van der Waals surface area (Å²) in [4.78, 5) is 21.3. The van der Waals surface area contributed by atoms with Gasteiger partial charge in [0.1, 0.15) is 0 Å². The lowest BCUT2D eigenvalue weighted by Crippen LogP contribution is -2.45. The highest BCUT2D eigenvalue weighted by Gasteiger charge is 2.43. The third-order valence-corrected chi connectivity index (χ3v) is 6.11. The molecule has 0 aliphatic carbocycles. The average Bonchev–Trinajstić information content (AvgIpc) is 3.53. The highest BCUT2D eigenvalue weighted by molar-refractivity contribution is 5.82. The molecule has 0 atom stereocenters. The van der Waals surface area contributed by atoms with Crippen molar-refractivity contribution in [1.82, 2.24) is 34.4 Å². The summed E-state index contributed by atoms with van der Waals surface area (Å²) in [7, 11) is 1.87. The number of halogens is 3. The number of piperidine rings is 1. The summed E-state index contributed by atoms with van der Waals surface area (Å²) in [6, 6.07) is 7.85. The van der Waals surface area contributed by atoms with Gasteiger partial charge in [0, 0.05) is 67.2 Å². The Balaban J connectivity index is 1.27. The van der Waals surface area contributed by atoms with Crippen LogP contribution < -0.4 is 0 Å². The van der Waals surface area contributed by atoms with Crippen LogP contribution >= 0.6 is 0 Å². The summed E-state index contributed by atoms with van der Waals surface area (Å²) < 4.78 is 41.5. The molecule has 3 aromatic heterocycles. The van der Waals surface area contributed by atoms with Crippen LogP contribution in [-0.4, -0.2) is 59.6 Å². The van der Waals surface area contributed by atoms with Crippen molar-refractivity contribution in [1.29, 1.82) is 0 Å². The largest absolute Gasteiger partial charge is 0.471 e. The number of hydrogen-bond acceptors (Lipinski definition) is 5. The van der Waals surface area contributed by atoms with Gasteiger partial charge in [-0.2, -0.15) is 23.4 Å². The van der Waals surface area contributed by atoms with Gasteiger partial charge in [0.15, 0.2) is 5.82 Å². The normalized spacial score (nSPS) is 14.9. The lowest BCUT2D eigenvalue weighted by molar-refractivity contribution is -0.186. The fourth-order valence-electron chi connectivity index (χ4n) is 4.23. The number of aryl methyl sites for hydroxylation is 1. The van der Waals surface area contributed by atoms with E-state index in [1.54, 1.807) is 34.2 Å². The first-order chi connectivity index (χ1) is 16.8. The van der Waals surface area contributed by atoms with Gasteiger partial charge < -0.3 is 4.90 Å². The minimum absolute atomic E-state index is 0.0497. The van der Waals surface area contributed by atoms with Crippen LogP contribution in [-0.2, 0) is 11.8 Å². The molecular formula is C24H22F3N7O. The Kier molecular flexibility index (Phi) is 5.83. The number of likely N-dealkylation sites (tertiary alicyclic amines) is 1. The van der Waals surface area contributed by atoms with Gasteiger partial charge in [0.25, 0.3) is 0 Å². The predicted molar refractivity (Wildman–Crippen MR) is 122 cm³/mol. The zero-order valence-corrected chi connectivity index (χ0v) is 18.9. The van der Waals surface area contributed by atoms with Gasteiger partial charge in [0.05, 0.1) is 18.4 Å². The van der Waals surface area contributed by atoms with E-state index in [-0.39, 0.29) is 19.1 Å². The topological polar surface area (TPSA) is 81.7 Å². The van der Waals surface area contributed by atoms with Crippen LogP contribution in [0.1, 0.15) is 18.9 Å². The molecule has 1 aromatic carbocycles. The maximum atomic E-state index is 12.7. The van der Waals surface area contributed by atoms with Crippen molar-refractivity contribution in [3.63, 3.8) is 0 Å². The summed E-state index contributed by atoms with van der Waals surface area (Å²) >= 11 is 0. The van der Waals surface area contributed by atoms with E-state index >= 15 is 0 Å². The second-order valence-corrected chi connectivity index (χ2v) is 8.51. The molecule has 0 bridgehead atoms. The summed E-state index contributed by atoms with van der Waals surface area (Å²) in [5.41, 5.74) is 4.51. The van der Waals surface area contributed by atoms with E-state index in [0.717, 1.165) is 32.7 Å². The van der Waals surface area contributed by atoms with Gasteiger partial charge in [-0.05, 0) is 24.5 Å². The lowest BCUT2D eigenvalue weighted by atomic mass is 10.0. The molecule has 0 radical (unpaired) electrons. The number of carbonyl (C=O) groups excluding carboxylic acids is 1. The Labute approximate surface area is 199 Å². The first kappa shape index (κ1) is 22.8. The molecule has 1 amide bonds. The highest BCUT2D eigenvalue weighted by atomic mass is 19.4. The van der Waals surface area contributed by atoms with Crippen molar-refractivity contribution in [2.75, 3.05) is 13.1 Å². The van der Waals surface area contributed by atoms with E-state index < -0.39 is 12.1 Å². The molecule has 0 spiro atoms. The van der Waals surface area contributed by atoms with E-state index in [4.69, 9.17) is 0 Å². The molecule has 1 fully saturated rings. The molecule has 4 heterocycles. The summed E-state index contributed by atoms with van der Waals surface area (Å²) in [5, 5.41) is 8.60. The van der Waals surface area contributed by atoms with Crippen LogP contribution in [0.15, 0.2) is 61.4 Å². The Hall–Kier alpha value is -4.02. The highest BCUT2D eigenvalue weighted by Crippen LogP contribution is 2.29. The van der Waals surface area contributed by atoms with Crippen molar-refractivity contribution >= 4 is 5.91 Å². The van der Waals surface area contributed by atoms with Gasteiger partial charge in [-0.3, -0.25) is 14.2 Å². The standard InChI is InChI=1S/C24H22F3N7O/c1-32-14-19(12-30-32)16-3-2-4-17(9-16)22-28-10-18(11-29-22)20-13-31-34(15-20)21-5-7-33(8-6-21)23(35)24(25,26)27/h2-4,9-15,21H,5-8H2,1H3. The monoisotopic (exact) mass is 481 g/mol. The molecule has 5 rings (SSSR count). The van der Waals surface area contributed by atoms with E-state index in [0.29, 0.717) is 18.7 Å². The molecule has 1 aliphatic rings. The van der Waals surface area contributed by atoms with Gasteiger partial charge in [-0.25, -0.2) is 9.97 Å². The Morgan fingerprint density at radius 2 is 1.54 bits per heavy atom. The summed E-state index contributed by atoms with van der Waals surface area (Å²) in [6.07, 6.45) is 6.71. The van der Waals surface area contributed by atoms with Crippen molar-refractivity contribution < 1.29 is 18.0 Å². The fourth-order valence-corrected chi connectivity index (χ4v) is 4.23. The van der Waals surface area contributed by atoms with E-state index in [2.05, 4.69) is 20.2 Å². The van der Waals surface area contributed by atoms with Crippen LogP contribution in [0.2, 0.25) is 0 Å². The number of hydrogen-bond donors (Lipinski definition) is 0. The number of amides is 1. The van der Waals surface area contributed by atoms with E-state index in [1.807, 2.05) is 43.7 Å². The third kappa shape index (κ3) is 4.79. The van der Waals surface area contributed by atoms with Crippen LogP contribution in [0.4, 0.5) is 13.2 Å². The molecule has 1 aliphatic heterocycles. The summed E-state index contributed by atoms with van der Waals surface area (Å²) in [6.45, 7) is 0.0994. The maximum absolute atomic E-state index is 12.7. The number of aromatic nitrogens is 6. The number of carbonyl (C=O) groups is 1. The van der Waals surface area contributed by atoms with Gasteiger partial charge in [0.2, 0.25) is 0 Å². The zero-order valence-electron chi connectivity index (χ0n) is 18.9. The minimum atomic E-state index is -4.84. The third-order valence-electron chi connectivity index (χ3n) is 6.11. The quantitative estimate of drug-likeness (QED) is 0.438. The lowest BCUT2D eigenvalue weighted by Gasteiger charge is -2.32. The second kappa shape index (κ2) is 8.97. The molecule has 0 unspecified atom stereocenters. The van der Waals surface area contributed by atoms with Gasteiger partial charge in [-0.15, -0.1) is 0 Å². The Morgan fingerprint density at radius 1 is 0.886 bits per heavy atom. The van der Waals surface area contributed by atoms with Crippen molar-refractivity contribution in [3.05, 3.63) is 61.4 Å². The van der Waals surface area contributed by atoms with E-state index in [1.165, 1.54) is 0 Å². The number of rotatable bonds is 4. The molecule has 4 aromatic rings. The Bertz CT molecular complexity index is 1340. The zero-order chi connectivity index (χ0) is 24.6. The molecule has 11 heteroatoms. The molecule has 0 N–H and O–H groups in total. The van der Waals surface area contributed by atoms with Crippen LogP contribution in [0.3, 0.4) is 0 Å². The smallest absolute Gasteiger partial charge is 0.335 e. The SMILES string of the molecule is Cn1cc(-c2cccc(-c3ncc(-c4cnn(C5CCN(C(=O)C(F)(F)F)CC5)c4)cn3)c2)cn1. The number of alkyl halides is 3. The van der Waals surface area contributed by atoms with E-state index in [9.17, 15) is 18.0 Å². The van der Waals surface area contributed by atoms with Crippen LogP contribution in [0.25, 0.3) is 33.6 Å². The fraction of sp³-hybridized carbons (Fsp3) is 0.292. The van der Waals surface area contributed by atoms with Gasteiger partial charge in [-0.1, -0.05) is 18.2 Å².